The smallest absolute Gasteiger partial charge is 0.412 e. The van der Waals surface area contributed by atoms with Crippen LogP contribution in [-0.4, -0.2) is 43.2 Å². The first-order chi connectivity index (χ1) is 9.93. The van der Waals surface area contributed by atoms with Gasteiger partial charge in [0.1, 0.15) is 5.82 Å². The maximum Gasteiger partial charge on any atom is 0.412 e. The van der Waals surface area contributed by atoms with Gasteiger partial charge in [-0.15, -0.1) is 12.4 Å². The minimum atomic E-state index is -0.424. The van der Waals surface area contributed by atoms with Crippen LogP contribution in [0.1, 0.15) is 36.6 Å². The number of unbranched alkanes of at least 4 members (excludes halogenated alkanes) is 1. The molecule has 1 aromatic rings. The summed E-state index contributed by atoms with van der Waals surface area (Å²) in [6.07, 6.45) is 2.30. The lowest BCUT2D eigenvalue weighted by Gasteiger charge is -2.16. The Morgan fingerprint density at radius 1 is 1.36 bits per heavy atom. The second kappa shape index (κ2) is 10.4. The fraction of sp³-hybridized carbons (Fsp3) is 0.625. The molecule has 0 saturated heterocycles. The molecule has 0 aliphatic rings. The molecular formula is C16H28ClN3O2. The molecule has 5 nitrogen and oxygen atoms in total. The summed E-state index contributed by atoms with van der Waals surface area (Å²) in [4.78, 5) is 18.4. The van der Waals surface area contributed by atoms with Crippen LogP contribution in [0.15, 0.2) is 6.07 Å². The number of hydrogen-bond donors (Lipinski definition) is 1. The van der Waals surface area contributed by atoms with Crippen LogP contribution in [0.5, 0.6) is 0 Å². The molecule has 0 saturated carbocycles. The number of nitrogens with one attached hydrogen (secondary N) is 1. The Labute approximate surface area is 139 Å². The lowest BCUT2D eigenvalue weighted by molar-refractivity contribution is 0.159. The fourth-order valence-corrected chi connectivity index (χ4v) is 2.06. The summed E-state index contributed by atoms with van der Waals surface area (Å²) >= 11 is 0. The predicted molar refractivity (Wildman–Crippen MR) is 93.1 cm³/mol. The van der Waals surface area contributed by atoms with Gasteiger partial charge in [0.15, 0.2) is 0 Å². The molecule has 1 N–H and O–H groups in total. The van der Waals surface area contributed by atoms with E-state index in [9.17, 15) is 4.79 Å². The second-order valence-corrected chi connectivity index (χ2v) is 5.58. The molecule has 0 bridgehead atoms. The third kappa shape index (κ3) is 7.09. The Kier molecular flexibility index (Phi) is 9.78. The normalized spacial score (nSPS) is 10.3. The number of rotatable bonds is 7. The number of anilines is 1. The van der Waals surface area contributed by atoms with Gasteiger partial charge in [-0.2, -0.15) is 0 Å². The van der Waals surface area contributed by atoms with E-state index in [-0.39, 0.29) is 12.4 Å². The zero-order valence-corrected chi connectivity index (χ0v) is 15.0. The summed E-state index contributed by atoms with van der Waals surface area (Å²) in [6.45, 7) is 7.39. The molecule has 1 aromatic heterocycles. The number of pyridine rings is 1. The molecule has 0 spiro atoms. The van der Waals surface area contributed by atoms with Crippen molar-refractivity contribution in [2.45, 2.75) is 40.0 Å². The maximum absolute atomic E-state index is 11.8. The van der Waals surface area contributed by atoms with E-state index in [0.717, 1.165) is 42.6 Å². The highest BCUT2D eigenvalue weighted by Crippen LogP contribution is 2.20. The van der Waals surface area contributed by atoms with E-state index in [0.29, 0.717) is 12.4 Å². The molecule has 126 valence electrons. The summed E-state index contributed by atoms with van der Waals surface area (Å²) < 4.78 is 5.15. The number of hydrogen-bond acceptors (Lipinski definition) is 4. The molecule has 0 fully saturated rings. The van der Waals surface area contributed by atoms with Gasteiger partial charge in [-0.25, -0.2) is 9.78 Å². The lowest BCUT2D eigenvalue weighted by atomic mass is 10.1. The van der Waals surface area contributed by atoms with Gasteiger partial charge in [-0.3, -0.25) is 5.32 Å². The molecule has 0 aliphatic heterocycles. The van der Waals surface area contributed by atoms with Crippen molar-refractivity contribution in [1.82, 2.24) is 9.88 Å². The van der Waals surface area contributed by atoms with Gasteiger partial charge >= 0.3 is 6.09 Å². The molecule has 22 heavy (non-hydrogen) atoms. The van der Waals surface area contributed by atoms with Crippen LogP contribution in [0, 0.1) is 13.8 Å². The molecule has 0 radical (unpaired) electrons. The summed E-state index contributed by atoms with van der Waals surface area (Å²) in [5.41, 5.74) is 3.11. The van der Waals surface area contributed by atoms with Crippen molar-refractivity contribution >= 4 is 24.3 Å². The summed E-state index contributed by atoms with van der Waals surface area (Å²) in [6, 6.07) is 2.04. The van der Waals surface area contributed by atoms with Gasteiger partial charge in [-0.1, -0.05) is 13.3 Å². The molecule has 6 heteroatoms. The van der Waals surface area contributed by atoms with E-state index in [1.165, 1.54) is 0 Å². The standard InChI is InChI=1S/C16H27N3O2.ClH/c1-6-7-10-21-16(20)18-15-14(8-9-19(4)5)12(2)11-13(3)17-15;/h11H,6-10H2,1-5H3,(H,17,18,20);1H. The van der Waals surface area contributed by atoms with Crippen LogP contribution in [0.4, 0.5) is 10.6 Å². The average Bonchev–Trinajstić information content (AvgIpc) is 2.37. The van der Waals surface area contributed by atoms with Crippen molar-refractivity contribution in [3.05, 3.63) is 22.9 Å². The van der Waals surface area contributed by atoms with E-state index < -0.39 is 6.09 Å². The Balaban J connectivity index is 0.00000441. The number of likely N-dealkylation sites (N-methyl/N-ethyl adjacent to an activating group) is 1. The highest BCUT2D eigenvalue weighted by atomic mass is 35.5. The Bertz CT molecular complexity index is 479. The van der Waals surface area contributed by atoms with Crippen LogP contribution in [0.2, 0.25) is 0 Å². The van der Waals surface area contributed by atoms with E-state index in [4.69, 9.17) is 4.74 Å². The molecule has 1 rings (SSSR count). The molecule has 1 heterocycles. The van der Waals surface area contributed by atoms with Gasteiger partial charge in [0.25, 0.3) is 0 Å². The van der Waals surface area contributed by atoms with Gasteiger partial charge in [0.05, 0.1) is 6.61 Å². The van der Waals surface area contributed by atoms with Crippen molar-refractivity contribution in [3.63, 3.8) is 0 Å². The minimum Gasteiger partial charge on any atom is -0.449 e. The topological polar surface area (TPSA) is 54.5 Å². The zero-order chi connectivity index (χ0) is 15.8. The van der Waals surface area contributed by atoms with E-state index in [1.54, 1.807) is 0 Å². The second-order valence-electron chi connectivity index (χ2n) is 5.58. The first kappa shape index (κ1) is 20.7. The number of aromatic nitrogens is 1. The lowest BCUT2D eigenvalue weighted by Crippen LogP contribution is -2.20. The van der Waals surface area contributed by atoms with Crippen LogP contribution in [0.3, 0.4) is 0 Å². The van der Waals surface area contributed by atoms with Crippen LogP contribution in [-0.2, 0) is 11.2 Å². The third-order valence-electron chi connectivity index (χ3n) is 3.24. The largest absolute Gasteiger partial charge is 0.449 e. The van der Waals surface area contributed by atoms with Crippen molar-refractivity contribution in [2.75, 3.05) is 32.6 Å². The number of halogens is 1. The number of carbonyl (C=O) groups is 1. The molecule has 0 unspecified atom stereocenters. The Hall–Kier alpha value is -1.33. The number of amides is 1. The van der Waals surface area contributed by atoms with Gasteiger partial charge in [0, 0.05) is 12.2 Å². The number of carbonyl (C=O) groups excluding carboxylic acids is 1. The summed E-state index contributed by atoms with van der Waals surface area (Å²) in [7, 11) is 4.06. The van der Waals surface area contributed by atoms with E-state index in [2.05, 4.69) is 22.1 Å². The Morgan fingerprint density at radius 2 is 2.05 bits per heavy atom. The predicted octanol–water partition coefficient (Wildman–Crippen LogP) is 3.57. The SMILES string of the molecule is CCCCOC(=O)Nc1nc(C)cc(C)c1CCN(C)C.Cl. The number of aryl methyl sites for hydroxylation is 2. The highest BCUT2D eigenvalue weighted by Gasteiger charge is 2.12. The first-order valence-electron chi connectivity index (χ1n) is 7.49. The van der Waals surface area contributed by atoms with Crippen molar-refractivity contribution in [1.29, 1.82) is 0 Å². The number of nitrogens with zero attached hydrogens (tertiary/aromatic N) is 2. The molecule has 0 aliphatic carbocycles. The Morgan fingerprint density at radius 3 is 2.64 bits per heavy atom. The monoisotopic (exact) mass is 329 g/mol. The number of ether oxygens (including phenoxy) is 1. The van der Waals surface area contributed by atoms with E-state index >= 15 is 0 Å². The van der Waals surface area contributed by atoms with Crippen molar-refractivity contribution in [2.24, 2.45) is 0 Å². The van der Waals surface area contributed by atoms with E-state index in [1.807, 2.05) is 34.0 Å². The minimum absolute atomic E-state index is 0. The van der Waals surface area contributed by atoms with Crippen molar-refractivity contribution < 1.29 is 9.53 Å². The molecule has 1 amide bonds. The van der Waals surface area contributed by atoms with Crippen LogP contribution >= 0.6 is 12.4 Å². The van der Waals surface area contributed by atoms with Crippen molar-refractivity contribution in [3.8, 4) is 0 Å². The highest BCUT2D eigenvalue weighted by molar-refractivity contribution is 5.85. The molecule has 0 atom stereocenters. The van der Waals surface area contributed by atoms with Gasteiger partial charge < -0.3 is 9.64 Å². The van der Waals surface area contributed by atoms with Gasteiger partial charge in [0.2, 0.25) is 0 Å². The molecule has 0 aromatic carbocycles. The maximum atomic E-state index is 11.8. The van der Waals surface area contributed by atoms with Crippen LogP contribution in [0.25, 0.3) is 0 Å². The third-order valence-corrected chi connectivity index (χ3v) is 3.24. The van der Waals surface area contributed by atoms with Gasteiger partial charge in [-0.05, 0) is 58.0 Å². The molecular weight excluding hydrogens is 302 g/mol. The first-order valence-corrected chi connectivity index (χ1v) is 7.49. The quantitative estimate of drug-likeness (QED) is 0.777. The zero-order valence-electron chi connectivity index (χ0n) is 14.2. The average molecular weight is 330 g/mol. The fourth-order valence-electron chi connectivity index (χ4n) is 2.06. The summed E-state index contributed by atoms with van der Waals surface area (Å²) in [5, 5.41) is 2.78. The summed E-state index contributed by atoms with van der Waals surface area (Å²) in [5.74, 6) is 0.621. The van der Waals surface area contributed by atoms with Crippen LogP contribution < -0.4 is 5.32 Å².